The van der Waals surface area contributed by atoms with Crippen LogP contribution in [-0.2, 0) is 4.79 Å². The van der Waals surface area contributed by atoms with Crippen molar-refractivity contribution in [2.75, 3.05) is 0 Å². The average Bonchev–Trinajstić information content (AvgIpc) is 2.93. The first-order valence-electron chi connectivity index (χ1n) is 5.69. The summed E-state index contributed by atoms with van der Waals surface area (Å²) in [5.74, 6) is 0.245. The van der Waals surface area contributed by atoms with Gasteiger partial charge in [-0.05, 0) is 35.9 Å². The number of esters is 1. The lowest BCUT2D eigenvalue weighted by atomic mass is 10.2. The lowest BCUT2D eigenvalue weighted by Gasteiger charge is -2.04. The molecule has 0 saturated carbocycles. The maximum absolute atomic E-state index is 11.5. The van der Waals surface area contributed by atoms with Crippen LogP contribution in [0.2, 0.25) is 0 Å². The molecule has 0 atom stereocenters. The van der Waals surface area contributed by atoms with Gasteiger partial charge in [0.15, 0.2) is 11.5 Å². The van der Waals surface area contributed by atoms with Gasteiger partial charge in [0.05, 0.1) is 9.58 Å². The molecular weight excluding hydrogens is 280 g/mol. The topological polar surface area (TPSA) is 43.4 Å². The molecule has 0 unspecified atom stereocenters. The largest absolute Gasteiger partial charge is 0.424 e. The second-order valence-electron chi connectivity index (χ2n) is 4.22. The molecule has 0 aliphatic rings. The van der Waals surface area contributed by atoms with Gasteiger partial charge in [-0.3, -0.25) is 9.59 Å². The van der Waals surface area contributed by atoms with Gasteiger partial charge in [-0.25, -0.2) is 0 Å². The van der Waals surface area contributed by atoms with E-state index in [9.17, 15) is 9.59 Å². The lowest BCUT2D eigenvalue weighted by molar-refractivity contribution is -0.131. The Balaban J connectivity index is 2.38. The molecule has 0 aliphatic heterocycles. The number of fused-ring (bicyclic) bond motifs is 2. The Morgan fingerprint density at radius 1 is 1.21 bits per heavy atom. The zero-order chi connectivity index (χ0) is 13.6. The Hall–Kier alpha value is -1.72. The lowest BCUT2D eigenvalue weighted by Crippen LogP contribution is -2.01. The summed E-state index contributed by atoms with van der Waals surface area (Å²) in [6.45, 7) is 2.93. The van der Waals surface area contributed by atoms with Crippen molar-refractivity contribution in [2.45, 2.75) is 13.8 Å². The number of ketones is 1. The average molecular weight is 290 g/mol. The summed E-state index contributed by atoms with van der Waals surface area (Å²) < 4.78 is 7.26. The van der Waals surface area contributed by atoms with Crippen molar-refractivity contribution in [3.8, 4) is 5.75 Å². The molecule has 0 radical (unpaired) electrons. The molecule has 0 aliphatic carbocycles. The highest BCUT2D eigenvalue weighted by Gasteiger charge is 2.16. The van der Waals surface area contributed by atoms with Gasteiger partial charge in [0.25, 0.3) is 0 Å². The summed E-state index contributed by atoms with van der Waals surface area (Å²) in [5, 5.41) is 3.83. The summed E-state index contributed by atoms with van der Waals surface area (Å²) in [6, 6.07) is 5.82. The maximum Gasteiger partial charge on any atom is 0.308 e. The molecule has 0 saturated heterocycles. The third-order valence-corrected chi connectivity index (χ3v) is 4.90. The van der Waals surface area contributed by atoms with Crippen LogP contribution in [0.3, 0.4) is 0 Å². The third kappa shape index (κ3) is 2.05. The molecule has 3 nitrogen and oxygen atoms in total. The van der Waals surface area contributed by atoms with E-state index in [1.54, 1.807) is 13.0 Å². The number of rotatable bonds is 2. The highest BCUT2D eigenvalue weighted by atomic mass is 32.1. The van der Waals surface area contributed by atoms with Crippen LogP contribution in [0, 0.1) is 0 Å². The molecule has 3 rings (SSSR count). The van der Waals surface area contributed by atoms with E-state index >= 15 is 0 Å². The molecule has 2 aromatic heterocycles. The summed E-state index contributed by atoms with van der Waals surface area (Å²) in [6.07, 6.45) is 0. The molecule has 0 spiro atoms. The van der Waals surface area contributed by atoms with Crippen LogP contribution >= 0.6 is 22.7 Å². The van der Waals surface area contributed by atoms with Crippen LogP contribution in [0.5, 0.6) is 5.75 Å². The van der Waals surface area contributed by atoms with Crippen LogP contribution in [-0.4, -0.2) is 11.8 Å². The second-order valence-corrected chi connectivity index (χ2v) is 6.22. The number of carbonyl (C=O) groups excluding carboxylic acids is 2. The molecule has 0 bridgehead atoms. The predicted molar refractivity (Wildman–Crippen MR) is 78.5 cm³/mol. The number of carbonyl (C=O) groups is 2. The van der Waals surface area contributed by atoms with E-state index in [1.807, 2.05) is 17.5 Å². The van der Waals surface area contributed by atoms with Crippen LogP contribution in [0.25, 0.3) is 20.2 Å². The molecule has 3 aromatic rings. The smallest absolute Gasteiger partial charge is 0.308 e. The fourth-order valence-electron chi connectivity index (χ4n) is 1.99. The second kappa shape index (κ2) is 4.43. The number of thiophene rings is 2. The quantitative estimate of drug-likeness (QED) is 0.403. The van der Waals surface area contributed by atoms with E-state index in [0.717, 1.165) is 20.2 Å². The number of Topliss-reactive ketones (excluding diaryl/α,β-unsaturated/α-hetero) is 1. The molecule has 1 aromatic carbocycles. The number of hydrogen-bond donors (Lipinski definition) is 0. The van der Waals surface area contributed by atoms with E-state index in [-0.39, 0.29) is 11.8 Å². The minimum absolute atomic E-state index is 0.0262. The minimum Gasteiger partial charge on any atom is -0.424 e. The van der Waals surface area contributed by atoms with Crippen molar-refractivity contribution in [3.63, 3.8) is 0 Å². The van der Waals surface area contributed by atoms with Gasteiger partial charge in [-0.15, -0.1) is 22.7 Å². The first kappa shape index (κ1) is 12.3. The molecule has 2 heterocycles. The molecule has 0 fully saturated rings. The van der Waals surface area contributed by atoms with E-state index in [2.05, 4.69) is 0 Å². The molecule has 96 valence electrons. The fraction of sp³-hybridized carbons (Fsp3) is 0.143. The van der Waals surface area contributed by atoms with E-state index < -0.39 is 0 Å². The van der Waals surface area contributed by atoms with Gasteiger partial charge in [-0.1, -0.05) is 0 Å². The van der Waals surface area contributed by atoms with Gasteiger partial charge < -0.3 is 4.74 Å². The number of benzene rings is 1. The van der Waals surface area contributed by atoms with Gasteiger partial charge in [0.2, 0.25) is 0 Å². The van der Waals surface area contributed by atoms with Crippen LogP contribution in [0.1, 0.15) is 23.5 Å². The zero-order valence-electron chi connectivity index (χ0n) is 10.4. The highest BCUT2D eigenvalue weighted by molar-refractivity contribution is 7.21. The normalized spacial score (nSPS) is 11.1. The van der Waals surface area contributed by atoms with Crippen molar-refractivity contribution in [2.24, 2.45) is 0 Å². The van der Waals surface area contributed by atoms with Gasteiger partial charge >= 0.3 is 5.97 Å². The Labute approximate surface area is 117 Å². The predicted octanol–water partition coefficient (Wildman–Crippen LogP) is 4.24. The SMILES string of the molecule is CC(=O)Oc1c2cc(C(C)=O)sc2cc2ccsc12. The summed E-state index contributed by atoms with van der Waals surface area (Å²) >= 11 is 2.96. The molecular formula is C14H10O3S2. The molecule has 19 heavy (non-hydrogen) atoms. The summed E-state index contributed by atoms with van der Waals surface area (Å²) in [4.78, 5) is 23.4. The standard InChI is InChI=1S/C14H10O3S2/c1-7(15)11-6-10-12(19-11)5-9-3-4-18-14(9)13(10)17-8(2)16/h3-6H,1-2H3. The fourth-order valence-corrected chi connectivity index (χ4v) is 3.87. The van der Waals surface area contributed by atoms with Crippen LogP contribution < -0.4 is 4.74 Å². The highest BCUT2D eigenvalue weighted by Crippen LogP contribution is 2.41. The van der Waals surface area contributed by atoms with Crippen LogP contribution in [0.4, 0.5) is 0 Å². The first-order valence-corrected chi connectivity index (χ1v) is 7.39. The van der Waals surface area contributed by atoms with Crippen molar-refractivity contribution in [1.82, 2.24) is 0 Å². The molecule has 0 amide bonds. The Morgan fingerprint density at radius 2 is 2.00 bits per heavy atom. The van der Waals surface area contributed by atoms with Crippen molar-refractivity contribution < 1.29 is 14.3 Å². The monoisotopic (exact) mass is 290 g/mol. The van der Waals surface area contributed by atoms with Crippen molar-refractivity contribution >= 4 is 54.6 Å². The maximum atomic E-state index is 11.5. The van der Waals surface area contributed by atoms with Gasteiger partial charge in [0.1, 0.15) is 0 Å². The number of hydrogen-bond acceptors (Lipinski definition) is 5. The van der Waals surface area contributed by atoms with Crippen LogP contribution in [0.15, 0.2) is 23.6 Å². The number of ether oxygens (including phenoxy) is 1. The Bertz CT molecular complexity index is 811. The summed E-state index contributed by atoms with van der Waals surface area (Å²) in [5.41, 5.74) is 0. The van der Waals surface area contributed by atoms with E-state index in [0.29, 0.717) is 10.6 Å². The van der Waals surface area contributed by atoms with Gasteiger partial charge in [0, 0.05) is 17.0 Å². The molecule has 5 heteroatoms. The third-order valence-electron chi connectivity index (χ3n) is 2.79. The first-order chi connectivity index (χ1) is 9.06. The summed E-state index contributed by atoms with van der Waals surface area (Å²) in [7, 11) is 0. The van der Waals surface area contributed by atoms with E-state index in [1.165, 1.54) is 29.6 Å². The zero-order valence-corrected chi connectivity index (χ0v) is 12.0. The van der Waals surface area contributed by atoms with Crippen molar-refractivity contribution in [3.05, 3.63) is 28.5 Å². The van der Waals surface area contributed by atoms with E-state index in [4.69, 9.17) is 4.74 Å². The Kier molecular flexibility index (Phi) is 2.88. The van der Waals surface area contributed by atoms with Gasteiger partial charge in [-0.2, -0.15) is 0 Å². The van der Waals surface area contributed by atoms with Crippen molar-refractivity contribution in [1.29, 1.82) is 0 Å². The minimum atomic E-state index is -0.349. The molecule has 0 N–H and O–H groups in total. The Morgan fingerprint density at radius 3 is 2.68 bits per heavy atom.